The smallest absolute Gasteiger partial charge is 0.147 e. The molecule has 0 aromatic carbocycles. The third-order valence-electron chi connectivity index (χ3n) is 2.92. The summed E-state index contributed by atoms with van der Waals surface area (Å²) in [4.78, 5) is 2.22. The zero-order chi connectivity index (χ0) is 11.3. The normalized spacial score (nSPS) is 24.3. The lowest BCUT2D eigenvalue weighted by atomic mass is 10.0. The van der Waals surface area contributed by atoms with Crippen LogP contribution in [0.3, 0.4) is 0 Å². The van der Waals surface area contributed by atoms with Gasteiger partial charge in [0.2, 0.25) is 0 Å². The lowest BCUT2D eigenvalue weighted by Crippen LogP contribution is -2.42. The van der Waals surface area contributed by atoms with Gasteiger partial charge in [-0.1, -0.05) is 6.42 Å². The molecule has 1 aliphatic heterocycles. The monoisotopic (exact) mass is 235 g/mol. The van der Waals surface area contributed by atoms with Crippen LogP contribution in [0, 0.1) is 0 Å². The lowest BCUT2D eigenvalue weighted by molar-refractivity contribution is 0.0906. The first-order valence-corrected chi connectivity index (χ1v) is 7.61. The fraction of sp³-hybridized carbons (Fsp3) is 1.00. The number of rotatable bonds is 5. The minimum absolute atomic E-state index is 0.193. The van der Waals surface area contributed by atoms with Crippen molar-refractivity contribution < 1.29 is 13.5 Å². The Balaban J connectivity index is 2.29. The number of piperidine rings is 1. The molecule has 5 heteroatoms. The Morgan fingerprint density at radius 3 is 2.73 bits per heavy atom. The topological polar surface area (TPSA) is 57.6 Å². The maximum Gasteiger partial charge on any atom is 0.147 e. The summed E-state index contributed by atoms with van der Waals surface area (Å²) in [6, 6.07) is 0.248. The third kappa shape index (κ3) is 4.95. The van der Waals surface area contributed by atoms with Crippen molar-refractivity contribution in [2.75, 3.05) is 31.7 Å². The fourth-order valence-corrected chi connectivity index (χ4v) is 2.74. The van der Waals surface area contributed by atoms with Crippen molar-refractivity contribution in [1.29, 1.82) is 0 Å². The van der Waals surface area contributed by atoms with Gasteiger partial charge in [-0.2, -0.15) is 0 Å². The average Bonchev–Trinajstić information content (AvgIpc) is 2.16. The van der Waals surface area contributed by atoms with Crippen LogP contribution in [0.1, 0.15) is 25.7 Å². The van der Waals surface area contributed by atoms with Crippen LogP contribution >= 0.6 is 0 Å². The molecule has 1 N–H and O–H groups in total. The second-order valence-electron chi connectivity index (χ2n) is 4.35. The molecule has 0 bridgehead atoms. The van der Waals surface area contributed by atoms with Gasteiger partial charge in [0.1, 0.15) is 9.84 Å². The van der Waals surface area contributed by atoms with Gasteiger partial charge in [0, 0.05) is 12.3 Å². The van der Waals surface area contributed by atoms with Crippen molar-refractivity contribution in [2.24, 2.45) is 0 Å². The van der Waals surface area contributed by atoms with Gasteiger partial charge in [-0.3, -0.25) is 4.90 Å². The molecule has 1 atom stereocenters. The first-order valence-electron chi connectivity index (χ1n) is 5.55. The maximum absolute atomic E-state index is 11.0. The molecule has 0 aromatic rings. The molecule has 0 aromatic heterocycles. The summed E-state index contributed by atoms with van der Waals surface area (Å²) in [5.74, 6) is 0.252. The minimum Gasteiger partial charge on any atom is -0.395 e. The van der Waals surface area contributed by atoms with E-state index in [0.717, 1.165) is 25.9 Å². The summed E-state index contributed by atoms with van der Waals surface area (Å²) < 4.78 is 21.9. The van der Waals surface area contributed by atoms with Gasteiger partial charge in [0.05, 0.1) is 12.4 Å². The van der Waals surface area contributed by atoms with E-state index >= 15 is 0 Å². The Bertz CT molecular complexity index is 276. The zero-order valence-corrected chi connectivity index (χ0v) is 10.2. The van der Waals surface area contributed by atoms with Gasteiger partial charge < -0.3 is 5.11 Å². The lowest BCUT2D eigenvalue weighted by Gasteiger charge is -2.34. The van der Waals surface area contributed by atoms with Crippen LogP contribution in [0.4, 0.5) is 0 Å². The predicted molar refractivity (Wildman–Crippen MR) is 60.6 cm³/mol. The molecule has 4 nitrogen and oxygen atoms in total. The third-order valence-corrected chi connectivity index (χ3v) is 3.95. The second kappa shape index (κ2) is 5.82. The molecule has 1 rings (SSSR count). The number of sulfone groups is 1. The van der Waals surface area contributed by atoms with Gasteiger partial charge in [0.25, 0.3) is 0 Å². The molecule has 0 radical (unpaired) electrons. The molecule has 90 valence electrons. The van der Waals surface area contributed by atoms with E-state index in [2.05, 4.69) is 4.90 Å². The summed E-state index contributed by atoms with van der Waals surface area (Å²) in [6.45, 7) is 1.98. The molecule has 0 spiro atoms. The Morgan fingerprint density at radius 2 is 2.13 bits per heavy atom. The standard InChI is InChI=1S/C10H21NO3S/c1-15(13,14)8-4-7-11-6-3-2-5-10(11)9-12/h10,12H,2-9H2,1H3. The van der Waals surface area contributed by atoms with E-state index in [1.54, 1.807) is 0 Å². The van der Waals surface area contributed by atoms with Crippen LogP contribution < -0.4 is 0 Å². The Labute approximate surface area is 92.2 Å². The maximum atomic E-state index is 11.0. The second-order valence-corrected chi connectivity index (χ2v) is 6.61. The summed E-state index contributed by atoms with van der Waals surface area (Å²) in [5, 5.41) is 9.16. The van der Waals surface area contributed by atoms with Crippen molar-refractivity contribution in [3.8, 4) is 0 Å². The van der Waals surface area contributed by atoms with Gasteiger partial charge in [0.15, 0.2) is 0 Å². The largest absolute Gasteiger partial charge is 0.395 e. The van der Waals surface area contributed by atoms with E-state index in [1.807, 2.05) is 0 Å². The molecule has 0 saturated carbocycles. The molecule has 0 aliphatic carbocycles. The predicted octanol–water partition coefficient (Wildman–Crippen LogP) is 0.268. The number of aliphatic hydroxyl groups excluding tert-OH is 1. The van der Waals surface area contributed by atoms with E-state index in [0.29, 0.717) is 6.42 Å². The highest BCUT2D eigenvalue weighted by molar-refractivity contribution is 7.90. The molecule has 1 unspecified atom stereocenters. The van der Waals surface area contributed by atoms with Crippen LogP contribution in [0.15, 0.2) is 0 Å². The molecule has 0 amide bonds. The van der Waals surface area contributed by atoms with Crippen molar-refractivity contribution in [3.63, 3.8) is 0 Å². The average molecular weight is 235 g/mol. The first kappa shape index (κ1) is 12.9. The van der Waals surface area contributed by atoms with Crippen molar-refractivity contribution in [2.45, 2.75) is 31.7 Å². The Kier molecular flexibility index (Phi) is 5.02. The molecule has 1 saturated heterocycles. The highest BCUT2D eigenvalue weighted by Gasteiger charge is 2.21. The van der Waals surface area contributed by atoms with Gasteiger partial charge in [-0.15, -0.1) is 0 Å². The van der Waals surface area contributed by atoms with Crippen LogP contribution in [0.25, 0.3) is 0 Å². The van der Waals surface area contributed by atoms with Crippen LogP contribution in [0.2, 0.25) is 0 Å². The number of hydrogen-bond acceptors (Lipinski definition) is 4. The molecule has 1 heterocycles. The fourth-order valence-electron chi connectivity index (χ4n) is 2.09. The van der Waals surface area contributed by atoms with E-state index in [1.165, 1.54) is 12.7 Å². The number of aliphatic hydroxyl groups is 1. The van der Waals surface area contributed by atoms with E-state index in [9.17, 15) is 8.42 Å². The molecule has 1 aliphatic rings. The summed E-state index contributed by atoms with van der Waals surface area (Å²) >= 11 is 0. The van der Waals surface area contributed by atoms with Crippen molar-refractivity contribution >= 4 is 9.84 Å². The zero-order valence-electron chi connectivity index (χ0n) is 9.35. The highest BCUT2D eigenvalue weighted by atomic mass is 32.2. The van der Waals surface area contributed by atoms with E-state index in [4.69, 9.17) is 5.11 Å². The summed E-state index contributed by atoms with van der Waals surface area (Å²) in [5.41, 5.74) is 0. The van der Waals surface area contributed by atoms with Gasteiger partial charge in [-0.05, 0) is 32.4 Å². The molecular formula is C10H21NO3S. The number of likely N-dealkylation sites (tertiary alicyclic amines) is 1. The quantitative estimate of drug-likeness (QED) is 0.743. The summed E-state index contributed by atoms with van der Waals surface area (Å²) in [6.07, 6.45) is 5.32. The number of hydrogen-bond donors (Lipinski definition) is 1. The highest BCUT2D eigenvalue weighted by Crippen LogP contribution is 2.16. The van der Waals surface area contributed by atoms with E-state index in [-0.39, 0.29) is 18.4 Å². The Morgan fingerprint density at radius 1 is 1.40 bits per heavy atom. The molecule has 1 fully saturated rings. The van der Waals surface area contributed by atoms with Crippen LogP contribution in [-0.2, 0) is 9.84 Å². The van der Waals surface area contributed by atoms with Crippen LogP contribution in [0.5, 0.6) is 0 Å². The SMILES string of the molecule is CS(=O)(=O)CCCN1CCCCC1CO. The van der Waals surface area contributed by atoms with Crippen molar-refractivity contribution in [1.82, 2.24) is 4.90 Å². The number of nitrogens with zero attached hydrogens (tertiary/aromatic N) is 1. The van der Waals surface area contributed by atoms with Crippen LogP contribution in [-0.4, -0.2) is 56.2 Å². The van der Waals surface area contributed by atoms with Crippen molar-refractivity contribution in [3.05, 3.63) is 0 Å². The molecular weight excluding hydrogens is 214 g/mol. The van der Waals surface area contributed by atoms with Gasteiger partial charge in [-0.25, -0.2) is 8.42 Å². The van der Waals surface area contributed by atoms with Gasteiger partial charge >= 0.3 is 0 Å². The molecule has 15 heavy (non-hydrogen) atoms. The van der Waals surface area contributed by atoms with E-state index < -0.39 is 9.84 Å². The first-order chi connectivity index (χ1) is 7.03. The minimum atomic E-state index is -2.84. The Hall–Kier alpha value is -0.130. The summed E-state index contributed by atoms with van der Waals surface area (Å²) in [7, 11) is -2.84.